The Bertz CT molecular complexity index is 1390. The zero-order valence-corrected chi connectivity index (χ0v) is 18.6. The van der Waals surface area contributed by atoms with Gasteiger partial charge in [0.05, 0.1) is 27.7 Å². The fourth-order valence-electron chi connectivity index (χ4n) is 2.87. The molecule has 2 aromatic heterocycles. The van der Waals surface area contributed by atoms with Gasteiger partial charge in [-0.25, -0.2) is 4.98 Å². The van der Waals surface area contributed by atoms with Crippen molar-refractivity contribution in [1.82, 2.24) is 9.55 Å². The van der Waals surface area contributed by atoms with E-state index in [-0.39, 0.29) is 28.1 Å². The lowest BCUT2D eigenvalue weighted by Gasteiger charge is -2.13. The Balaban J connectivity index is 1.94. The van der Waals surface area contributed by atoms with E-state index in [1.54, 1.807) is 24.3 Å². The van der Waals surface area contributed by atoms with Gasteiger partial charge in [-0.15, -0.1) is 0 Å². The Morgan fingerprint density at radius 1 is 1.10 bits per heavy atom. The smallest absolute Gasteiger partial charge is 0.401 e. The molecule has 30 heavy (non-hydrogen) atoms. The van der Waals surface area contributed by atoms with E-state index in [4.69, 9.17) is 27.6 Å². The lowest BCUT2D eigenvalue weighted by molar-refractivity contribution is -0.402. The Morgan fingerprint density at radius 2 is 1.90 bits per heavy atom. The van der Waals surface area contributed by atoms with Crippen LogP contribution in [0.5, 0.6) is 0 Å². The highest BCUT2D eigenvalue weighted by Crippen LogP contribution is 2.26. The van der Waals surface area contributed by atoms with Gasteiger partial charge in [0.25, 0.3) is 5.56 Å². The van der Waals surface area contributed by atoms with Crippen molar-refractivity contribution in [3.8, 4) is 5.69 Å². The summed E-state index contributed by atoms with van der Waals surface area (Å²) < 4.78 is 7.39. The molecule has 0 atom stereocenters. The summed E-state index contributed by atoms with van der Waals surface area (Å²) in [5.74, 6) is 0.137. The van der Waals surface area contributed by atoms with Crippen LogP contribution in [0.4, 0.5) is 5.88 Å². The van der Waals surface area contributed by atoms with E-state index < -0.39 is 4.92 Å². The van der Waals surface area contributed by atoms with Crippen LogP contribution in [0.1, 0.15) is 11.6 Å². The Morgan fingerprint density at radius 3 is 2.60 bits per heavy atom. The molecule has 150 valence electrons. The topological polar surface area (TPSA) is 91.2 Å². The van der Waals surface area contributed by atoms with Crippen molar-refractivity contribution in [2.75, 3.05) is 0 Å². The van der Waals surface area contributed by atoms with Gasteiger partial charge in [0.2, 0.25) is 0 Å². The maximum Gasteiger partial charge on any atom is 0.433 e. The molecule has 0 aliphatic rings. The van der Waals surface area contributed by atoms with Crippen LogP contribution in [0.2, 0.25) is 10.0 Å². The monoisotopic (exact) mass is 553 g/mol. The second kappa shape index (κ2) is 8.21. The fourth-order valence-corrected chi connectivity index (χ4v) is 3.85. The van der Waals surface area contributed by atoms with Gasteiger partial charge in [0.15, 0.2) is 0 Å². The summed E-state index contributed by atoms with van der Waals surface area (Å²) in [7, 11) is 0. The van der Waals surface area contributed by atoms with Gasteiger partial charge in [-0.1, -0.05) is 23.2 Å². The molecule has 4 rings (SSSR count). The number of hydrogen-bond donors (Lipinski definition) is 0. The molecular weight excluding hydrogens is 544 g/mol. The first-order valence-corrected chi connectivity index (χ1v) is 10.3. The minimum atomic E-state index is -0.628. The number of furan rings is 1. The molecule has 0 saturated carbocycles. The van der Waals surface area contributed by atoms with Crippen LogP contribution in [-0.4, -0.2) is 14.5 Å². The highest BCUT2D eigenvalue weighted by atomic mass is 127. The van der Waals surface area contributed by atoms with Crippen LogP contribution in [0.3, 0.4) is 0 Å². The van der Waals surface area contributed by atoms with Gasteiger partial charge in [-0.2, -0.15) is 0 Å². The zero-order chi connectivity index (χ0) is 21.4. The average molecular weight is 554 g/mol. The lowest BCUT2D eigenvalue weighted by atomic mass is 10.2. The van der Waals surface area contributed by atoms with Crippen molar-refractivity contribution >= 4 is 74.7 Å². The predicted octanol–water partition coefficient (Wildman–Crippen LogP) is 5.97. The van der Waals surface area contributed by atoms with Crippen LogP contribution in [0.15, 0.2) is 57.7 Å². The maximum absolute atomic E-state index is 13.3. The van der Waals surface area contributed by atoms with Gasteiger partial charge in [0.1, 0.15) is 16.5 Å². The number of nitrogens with zero attached hydrogens (tertiary/aromatic N) is 3. The highest BCUT2D eigenvalue weighted by molar-refractivity contribution is 14.1. The van der Waals surface area contributed by atoms with Crippen molar-refractivity contribution in [2.24, 2.45) is 0 Å². The first-order chi connectivity index (χ1) is 14.3. The van der Waals surface area contributed by atoms with Crippen LogP contribution >= 0.6 is 45.8 Å². The van der Waals surface area contributed by atoms with Gasteiger partial charge in [-0.3, -0.25) is 19.5 Å². The molecule has 2 heterocycles. The first kappa shape index (κ1) is 20.6. The number of hydrogen-bond acceptors (Lipinski definition) is 5. The van der Waals surface area contributed by atoms with E-state index in [0.717, 1.165) is 3.57 Å². The molecule has 0 amide bonds. The number of halogens is 3. The third-order valence-corrected chi connectivity index (χ3v) is 5.40. The minimum absolute atomic E-state index is 0.243. The van der Waals surface area contributed by atoms with E-state index in [2.05, 4.69) is 27.6 Å². The summed E-state index contributed by atoms with van der Waals surface area (Å²) in [4.78, 5) is 28.1. The SMILES string of the molecule is O=c1c2cc(I)ccc2nc(/C=C/c2ccc([N+](=O)[O-])o2)n1-c1ccc(Cl)cc1Cl. The molecule has 2 aromatic carbocycles. The lowest BCUT2D eigenvalue weighted by Crippen LogP contribution is -2.22. The largest absolute Gasteiger partial charge is 0.433 e. The molecular formula is C20H10Cl2IN3O4. The molecule has 0 bridgehead atoms. The van der Waals surface area contributed by atoms with E-state index in [9.17, 15) is 14.9 Å². The standard InChI is InChI=1S/C20H10Cl2IN3O4/c21-11-1-6-17(15(22)9-11)25-18(7-3-13-4-8-19(30-13)26(28)29)24-16-5-2-12(23)10-14(16)20(25)27/h1-10H/b7-3+. The normalized spacial score (nSPS) is 11.4. The van der Waals surface area contributed by atoms with Gasteiger partial charge >= 0.3 is 5.88 Å². The Labute approximate surface area is 192 Å². The summed E-state index contributed by atoms with van der Waals surface area (Å²) in [5.41, 5.74) is 0.601. The Kier molecular flexibility index (Phi) is 5.63. The summed E-state index contributed by atoms with van der Waals surface area (Å²) >= 11 is 14.5. The molecule has 0 aliphatic heterocycles. The minimum Gasteiger partial charge on any atom is -0.401 e. The first-order valence-electron chi connectivity index (χ1n) is 8.43. The summed E-state index contributed by atoms with van der Waals surface area (Å²) in [6.45, 7) is 0. The fraction of sp³-hybridized carbons (Fsp3) is 0. The quantitative estimate of drug-likeness (QED) is 0.176. The molecule has 7 nitrogen and oxygen atoms in total. The second-order valence-electron chi connectivity index (χ2n) is 6.13. The number of aromatic nitrogens is 2. The number of fused-ring (bicyclic) bond motifs is 1. The molecule has 0 fully saturated rings. The third-order valence-electron chi connectivity index (χ3n) is 4.20. The molecule has 0 N–H and O–H groups in total. The Hall–Kier alpha value is -2.69. The van der Waals surface area contributed by atoms with E-state index in [1.165, 1.54) is 34.9 Å². The number of rotatable bonds is 4. The van der Waals surface area contributed by atoms with Gasteiger partial charge in [0, 0.05) is 8.59 Å². The maximum atomic E-state index is 13.3. The van der Waals surface area contributed by atoms with Crippen LogP contribution < -0.4 is 5.56 Å². The number of nitro groups is 1. The molecule has 0 aliphatic carbocycles. The molecule has 0 saturated heterocycles. The van der Waals surface area contributed by atoms with Crippen molar-refractivity contribution in [3.05, 3.63) is 94.2 Å². The highest BCUT2D eigenvalue weighted by Gasteiger charge is 2.15. The third kappa shape index (κ3) is 3.98. The van der Waals surface area contributed by atoms with Crippen molar-refractivity contribution in [3.63, 3.8) is 0 Å². The summed E-state index contributed by atoms with van der Waals surface area (Å²) in [6.07, 6.45) is 3.03. The molecule has 10 heteroatoms. The average Bonchev–Trinajstić information content (AvgIpc) is 3.17. The van der Waals surface area contributed by atoms with Crippen molar-refractivity contribution < 1.29 is 9.34 Å². The molecule has 4 aromatic rings. The van der Waals surface area contributed by atoms with E-state index in [0.29, 0.717) is 21.6 Å². The molecule has 0 radical (unpaired) electrons. The van der Waals surface area contributed by atoms with E-state index >= 15 is 0 Å². The predicted molar refractivity (Wildman–Crippen MR) is 124 cm³/mol. The summed E-state index contributed by atoms with van der Waals surface area (Å²) in [6, 6.07) is 12.8. The van der Waals surface area contributed by atoms with Crippen LogP contribution in [0, 0.1) is 13.7 Å². The molecule has 0 spiro atoms. The van der Waals surface area contributed by atoms with E-state index in [1.807, 2.05) is 6.07 Å². The summed E-state index contributed by atoms with van der Waals surface area (Å²) in [5, 5.41) is 12.0. The van der Waals surface area contributed by atoms with Crippen molar-refractivity contribution in [2.45, 2.75) is 0 Å². The van der Waals surface area contributed by atoms with Gasteiger partial charge < -0.3 is 4.42 Å². The van der Waals surface area contributed by atoms with Crippen LogP contribution in [0.25, 0.3) is 28.7 Å². The molecule has 0 unspecified atom stereocenters. The number of benzene rings is 2. The van der Waals surface area contributed by atoms with Gasteiger partial charge in [-0.05, 0) is 77.2 Å². The van der Waals surface area contributed by atoms with Crippen LogP contribution in [-0.2, 0) is 0 Å². The van der Waals surface area contributed by atoms with Crippen molar-refractivity contribution in [1.29, 1.82) is 0 Å². The second-order valence-corrected chi connectivity index (χ2v) is 8.22. The zero-order valence-electron chi connectivity index (χ0n) is 14.9.